The summed E-state index contributed by atoms with van der Waals surface area (Å²) in [5.41, 5.74) is 6.96. The number of rotatable bonds is 22. The molecule has 0 saturated heterocycles. The summed E-state index contributed by atoms with van der Waals surface area (Å²) in [5, 5.41) is 22.6. The van der Waals surface area contributed by atoms with Gasteiger partial charge in [0.2, 0.25) is 0 Å². The number of aliphatic hydroxyl groups excluding tert-OH is 1. The van der Waals surface area contributed by atoms with E-state index in [-0.39, 0.29) is 34.2 Å². The van der Waals surface area contributed by atoms with Crippen molar-refractivity contribution in [2.24, 2.45) is 5.92 Å². The van der Waals surface area contributed by atoms with Gasteiger partial charge in [-0.15, -0.1) is 6.54 Å². The Hall–Kier alpha value is -0.0517. The van der Waals surface area contributed by atoms with Gasteiger partial charge in [-0.25, -0.2) is 0 Å². The van der Waals surface area contributed by atoms with Gasteiger partial charge in [-0.2, -0.15) is 5.26 Å². The van der Waals surface area contributed by atoms with Crippen LogP contribution in [-0.4, -0.2) is 95.2 Å². The normalized spacial score (nSPS) is 12.8. The zero-order valence-corrected chi connectivity index (χ0v) is 26.0. The van der Waals surface area contributed by atoms with E-state index in [2.05, 4.69) is 38.4 Å². The van der Waals surface area contributed by atoms with E-state index >= 15 is 0 Å². The standard InChI is InChI=1S/C18H36N3O5S.C6H12O.W/c1-17(2)21-6-9-24-12-10-22-7-4-18(3,27-16-20)26-15-14-25-13-11-23-8-5-19;1-6(2)4-3-5-7;/h17,19,21H,4-15H2,1-3H3;3-4,6-7H,5H2,1-2H3;/q-1;;/b;4-3+;. The summed E-state index contributed by atoms with van der Waals surface area (Å²) in [5.74, 6) is 0.562. The van der Waals surface area contributed by atoms with E-state index in [9.17, 15) is 0 Å². The Morgan fingerprint density at radius 1 is 0.943 bits per heavy atom. The molecule has 11 heteroatoms. The van der Waals surface area contributed by atoms with Crippen LogP contribution in [0, 0.1) is 16.6 Å². The fourth-order valence-corrected chi connectivity index (χ4v) is 2.81. The SMILES string of the molecule is CC(C)/C=C/CO.CC(C)NCCOCCOCCC(C)(OCCOCCOCC[NH-])SC#N.[W]. The Bertz CT molecular complexity index is 498. The van der Waals surface area contributed by atoms with Crippen molar-refractivity contribution in [3.63, 3.8) is 0 Å². The molecule has 0 rings (SSSR count). The average molecular weight is 691 g/mol. The molecule has 0 aliphatic carbocycles. The van der Waals surface area contributed by atoms with Crippen molar-refractivity contribution in [1.29, 1.82) is 5.26 Å². The second kappa shape index (κ2) is 30.2. The maximum Gasteiger partial charge on any atom is 0.136 e. The van der Waals surface area contributed by atoms with Crippen LogP contribution < -0.4 is 5.32 Å². The van der Waals surface area contributed by atoms with Crippen LogP contribution in [0.25, 0.3) is 5.73 Å². The number of hydrogen-bond donors (Lipinski definition) is 2. The van der Waals surface area contributed by atoms with E-state index in [4.69, 9.17) is 39.8 Å². The van der Waals surface area contributed by atoms with E-state index in [0.29, 0.717) is 77.8 Å². The first kappa shape index (κ1) is 39.5. The van der Waals surface area contributed by atoms with Crippen LogP contribution in [0.1, 0.15) is 41.0 Å². The van der Waals surface area contributed by atoms with Crippen LogP contribution >= 0.6 is 11.8 Å². The molecule has 0 aliphatic heterocycles. The van der Waals surface area contributed by atoms with Gasteiger partial charge >= 0.3 is 0 Å². The van der Waals surface area contributed by atoms with Gasteiger partial charge in [-0.1, -0.05) is 39.8 Å². The van der Waals surface area contributed by atoms with Crippen LogP contribution in [0.3, 0.4) is 0 Å². The van der Waals surface area contributed by atoms with Crippen LogP contribution in [0.15, 0.2) is 12.2 Å². The van der Waals surface area contributed by atoms with Crippen molar-refractivity contribution in [1.82, 2.24) is 5.32 Å². The van der Waals surface area contributed by atoms with Crippen molar-refractivity contribution in [2.75, 3.05) is 79.2 Å². The molecule has 0 bridgehead atoms. The number of allylic oxidation sites excluding steroid dienone is 1. The van der Waals surface area contributed by atoms with Gasteiger partial charge < -0.3 is 39.8 Å². The molecule has 0 amide bonds. The largest absolute Gasteiger partial charge is 0.676 e. The average Bonchev–Trinajstić information content (AvgIpc) is 2.78. The van der Waals surface area contributed by atoms with E-state index in [1.54, 1.807) is 6.08 Å². The summed E-state index contributed by atoms with van der Waals surface area (Å²) in [6.07, 6.45) is 4.33. The first-order valence-electron chi connectivity index (χ1n) is 12.0. The second-order valence-corrected chi connectivity index (χ2v) is 9.34. The third-order valence-corrected chi connectivity index (χ3v) is 4.86. The summed E-state index contributed by atoms with van der Waals surface area (Å²) in [6.45, 7) is 16.0. The topological polar surface area (TPSA) is 126 Å². The molecule has 208 valence electrons. The van der Waals surface area contributed by atoms with Gasteiger partial charge in [0.25, 0.3) is 0 Å². The number of ether oxygens (including phenoxy) is 5. The second-order valence-electron chi connectivity index (χ2n) is 8.09. The van der Waals surface area contributed by atoms with Gasteiger partial charge in [-0.3, -0.25) is 0 Å². The first-order chi connectivity index (χ1) is 16.3. The van der Waals surface area contributed by atoms with E-state index in [1.807, 2.05) is 13.0 Å². The molecule has 0 aliphatic rings. The number of aliphatic hydroxyl groups is 1. The summed E-state index contributed by atoms with van der Waals surface area (Å²) in [4.78, 5) is -0.623. The number of nitriles is 1. The monoisotopic (exact) mass is 690 g/mol. The van der Waals surface area contributed by atoms with Crippen molar-refractivity contribution < 1.29 is 49.9 Å². The fraction of sp³-hybridized carbons (Fsp3) is 0.875. The Morgan fingerprint density at radius 3 is 1.97 bits per heavy atom. The van der Waals surface area contributed by atoms with Crippen LogP contribution in [0.4, 0.5) is 0 Å². The molecule has 0 spiro atoms. The molecule has 0 fully saturated rings. The number of nitrogens with one attached hydrogen (secondary N) is 2. The maximum atomic E-state index is 8.99. The van der Waals surface area contributed by atoms with Crippen molar-refractivity contribution >= 4 is 11.8 Å². The number of thioether (sulfide) groups is 1. The van der Waals surface area contributed by atoms with Crippen LogP contribution in [0.2, 0.25) is 0 Å². The molecule has 0 saturated carbocycles. The third kappa shape index (κ3) is 33.9. The first-order valence-corrected chi connectivity index (χ1v) is 12.8. The molecule has 0 radical (unpaired) electrons. The fourth-order valence-electron chi connectivity index (χ4n) is 2.29. The molecular weight excluding hydrogens is 642 g/mol. The molecule has 3 N–H and O–H groups in total. The van der Waals surface area contributed by atoms with Crippen LogP contribution in [-0.2, 0) is 44.7 Å². The minimum absolute atomic E-state index is 0. The zero-order chi connectivity index (χ0) is 25.9. The van der Waals surface area contributed by atoms with E-state index < -0.39 is 4.93 Å². The van der Waals surface area contributed by atoms with Gasteiger partial charge in [0, 0.05) is 46.7 Å². The predicted octanol–water partition coefficient (Wildman–Crippen LogP) is 3.63. The van der Waals surface area contributed by atoms with Gasteiger partial charge in [0.15, 0.2) is 0 Å². The molecule has 0 aromatic rings. The molecule has 0 heterocycles. The van der Waals surface area contributed by atoms with Gasteiger partial charge in [0.1, 0.15) is 10.3 Å². The Morgan fingerprint density at radius 2 is 1.49 bits per heavy atom. The number of hydrogen-bond acceptors (Lipinski definition) is 9. The van der Waals surface area contributed by atoms with E-state index in [1.165, 1.54) is 0 Å². The third-order valence-electron chi connectivity index (χ3n) is 4.01. The molecule has 0 aromatic heterocycles. The quantitative estimate of drug-likeness (QED) is 0.0759. The Kier molecular flexibility index (Phi) is 34.0. The predicted molar refractivity (Wildman–Crippen MR) is 139 cm³/mol. The van der Waals surface area contributed by atoms with Crippen molar-refractivity contribution in [2.45, 2.75) is 52.0 Å². The van der Waals surface area contributed by atoms with E-state index in [0.717, 1.165) is 18.3 Å². The van der Waals surface area contributed by atoms with Gasteiger partial charge in [-0.05, 0) is 24.6 Å². The smallest absolute Gasteiger partial charge is 0.136 e. The summed E-state index contributed by atoms with van der Waals surface area (Å²) >= 11 is 1.09. The molecule has 0 aromatic carbocycles. The summed E-state index contributed by atoms with van der Waals surface area (Å²) in [6, 6.07) is 0.465. The molecule has 1 atom stereocenters. The minimum atomic E-state index is -0.623. The Labute approximate surface area is 232 Å². The number of thiocyanates is 1. The maximum absolute atomic E-state index is 8.99. The molecule has 1 unspecified atom stereocenters. The summed E-state index contributed by atoms with van der Waals surface area (Å²) in [7, 11) is 0. The number of nitrogens with zero attached hydrogens (tertiary/aromatic N) is 1. The molecule has 9 nitrogen and oxygen atoms in total. The Balaban J connectivity index is -0.00000111. The molecule has 35 heavy (non-hydrogen) atoms. The van der Waals surface area contributed by atoms with Crippen LogP contribution in [0.5, 0.6) is 0 Å². The van der Waals surface area contributed by atoms with Gasteiger partial charge in [0.05, 0.1) is 59.5 Å². The minimum Gasteiger partial charge on any atom is -0.676 e. The summed E-state index contributed by atoms with van der Waals surface area (Å²) < 4.78 is 27.4. The zero-order valence-electron chi connectivity index (χ0n) is 22.3. The molecular formula is C24H48N3O6SW-. The van der Waals surface area contributed by atoms with Crippen molar-refractivity contribution in [3.05, 3.63) is 17.9 Å². The van der Waals surface area contributed by atoms with Crippen molar-refractivity contribution in [3.8, 4) is 5.40 Å².